The van der Waals surface area contributed by atoms with Crippen molar-refractivity contribution in [2.75, 3.05) is 25.9 Å². The minimum Gasteiger partial charge on any atom is -0.495 e. The van der Waals surface area contributed by atoms with Gasteiger partial charge in [-0.15, -0.1) is 0 Å². The molecule has 21 heavy (non-hydrogen) atoms. The Morgan fingerprint density at radius 1 is 1.24 bits per heavy atom. The smallest absolute Gasteiger partial charge is 0.246 e. The summed E-state index contributed by atoms with van der Waals surface area (Å²) in [7, 11) is -2.50. The number of nitrogens with zero attached hydrogens (tertiary/aromatic N) is 3. The molecule has 7 nitrogen and oxygen atoms in total. The fourth-order valence-corrected chi connectivity index (χ4v) is 3.32. The summed E-state index contributed by atoms with van der Waals surface area (Å²) < 4.78 is 31.4. The highest BCUT2D eigenvalue weighted by Crippen LogP contribution is 2.28. The number of methoxy groups -OCH3 is 1. The van der Waals surface area contributed by atoms with E-state index in [-0.39, 0.29) is 36.6 Å². The molecule has 1 aromatic rings. The van der Waals surface area contributed by atoms with Gasteiger partial charge >= 0.3 is 0 Å². The van der Waals surface area contributed by atoms with E-state index >= 15 is 0 Å². The summed E-state index contributed by atoms with van der Waals surface area (Å²) in [4.78, 5) is -0.0323. The van der Waals surface area contributed by atoms with Crippen LogP contribution >= 0.6 is 0 Å². The highest BCUT2D eigenvalue weighted by atomic mass is 32.2. The van der Waals surface area contributed by atoms with Gasteiger partial charge in [0.05, 0.1) is 19.2 Å². The van der Waals surface area contributed by atoms with E-state index in [0.29, 0.717) is 5.69 Å². The largest absolute Gasteiger partial charge is 0.495 e. The molecule has 8 heteroatoms. The van der Waals surface area contributed by atoms with Gasteiger partial charge in [0.2, 0.25) is 10.0 Å². The number of sulfonamides is 1. The number of ether oxygens (including phenoxy) is 1. The van der Waals surface area contributed by atoms with Crippen LogP contribution in [0.15, 0.2) is 23.1 Å². The molecule has 1 aromatic carbocycles. The summed E-state index contributed by atoms with van der Waals surface area (Å²) in [6, 6.07) is 8.02. The first-order chi connectivity index (χ1) is 9.97. The van der Waals surface area contributed by atoms with Crippen molar-refractivity contribution in [3.8, 4) is 17.9 Å². The second-order valence-electron chi connectivity index (χ2n) is 4.13. The van der Waals surface area contributed by atoms with Crippen LogP contribution in [-0.2, 0) is 10.0 Å². The van der Waals surface area contributed by atoms with Crippen LogP contribution in [0.5, 0.6) is 5.75 Å². The Labute approximate surface area is 124 Å². The monoisotopic (exact) mass is 308 g/mol. The molecule has 112 valence electrons. The number of anilines is 1. The molecule has 2 N–H and O–H groups in total. The van der Waals surface area contributed by atoms with Gasteiger partial charge < -0.3 is 10.5 Å². The first kappa shape index (κ1) is 16.8. The fourth-order valence-electron chi connectivity index (χ4n) is 1.74. The topological polar surface area (TPSA) is 120 Å². The van der Waals surface area contributed by atoms with Gasteiger partial charge in [-0.1, -0.05) is 0 Å². The van der Waals surface area contributed by atoms with Crippen molar-refractivity contribution >= 4 is 15.7 Å². The summed E-state index contributed by atoms with van der Waals surface area (Å²) >= 11 is 0. The zero-order chi connectivity index (χ0) is 15.9. The second-order valence-corrected chi connectivity index (χ2v) is 6.04. The predicted molar refractivity (Wildman–Crippen MR) is 76.6 cm³/mol. The van der Waals surface area contributed by atoms with E-state index in [1.807, 2.05) is 12.1 Å². The molecule has 0 saturated carbocycles. The molecule has 0 aliphatic rings. The summed E-state index contributed by atoms with van der Waals surface area (Å²) in [5.41, 5.74) is 5.99. The number of nitrogens with two attached hydrogens (primary N) is 1. The van der Waals surface area contributed by atoms with Gasteiger partial charge in [-0.2, -0.15) is 14.8 Å². The summed E-state index contributed by atoms with van der Waals surface area (Å²) in [6.07, 6.45) is 0.0872. The van der Waals surface area contributed by atoms with Crippen molar-refractivity contribution in [2.45, 2.75) is 17.7 Å². The van der Waals surface area contributed by atoms with Crippen LogP contribution in [0.1, 0.15) is 12.8 Å². The van der Waals surface area contributed by atoms with Crippen LogP contribution in [0.4, 0.5) is 5.69 Å². The van der Waals surface area contributed by atoms with E-state index in [9.17, 15) is 8.42 Å². The zero-order valence-electron chi connectivity index (χ0n) is 11.6. The molecular weight excluding hydrogens is 292 g/mol. The number of nitriles is 2. The minimum atomic E-state index is -3.85. The van der Waals surface area contributed by atoms with Gasteiger partial charge in [-0.05, 0) is 12.1 Å². The van der Waals surface area contributed by atoms with Crippen molar-refractivity contribution in [1.29, 1.82) is 10.5 Å². The summed E-state index contributed by atoms with van der Waals surface area (Å²) in [6.45, 7) is 0.0437. The summed E-state index contributed by atoms with van der Waals surface area (Å²) in [5.74, 6) is 0.133. The Morgan fingerprint density at radius 2 is 1.81 bits per heavy atom. The van der Waals surface area contributed by atoms with Crippen molar-refractivity contribution in [1.82, 2.24) is 4.31 Å². The molecule has 0 aliphatic heterocycles. The van der Waals surface area contributed by atoms with Gasteiger partial charge in [0.1, 0.15) is 10.6 Å². The summed E-state index contributed by atoms with van der Waals surface area (Å²) in [5, 5.41) is 17.3. The maximum absolute atomic E-state index is 12.6. The van der Waals surface area contributed by atoms with Crippen LogP contribution in [0.3, 0.4) is 0 Å². The number of benzene rings is 1. The van der Waals surface area contributed by atoms with Gasteiger partial charge in [-0.3, -0.25) is 0 Å². The molecule has 0 bridgehead atoms. The van der Waals surface area contributed by atoms with Gasteiger partial charge in [0.15, 0.2) is 0 Å². The molecule has 0 atom stereocenters. The number of rotatable bonds is 7. The predicted octanol–water partition coefficient (Wildman–Crippen LogP) is 1.10. The van der Waals surface area contributed by atoms with Gasteiger partial charge in [0, 0.05) is 37.7 Å². The first-order valence-corrected chi connectivity index (χ1v) is 7.59. The standard InChI is InChI=1S/C13H16N4O3S/c1-20-12-10-11(16)4-5-13(12)21(18,19)17(8-2-6-14)9-3-7-15/h4-5,10H,2-3,8-9,16H2,1H3. The Balaban J connectivity index is 3.22. The van der Waals surface area contributed by atoms with E-state index in [2.05, 4.69) is 0 Å². The molecule has 0 fully saturated rings. The van der Waals surface area contributed by atoms with E-state index in [1.54, 1.807) is 0 Å². The molecule has 0 amide bonds. The Kier molecular flexibility index (Phi) is 5.97. The highest BCUT2D eigenvalue weighted by Gasteiger charge is 2.27. The zero-order valence-corrected chi connectivity index (χ0v) is 12.4. The van der Waals surface area contributed by atoms with Gasteiger partial charge in [-0.25, -0.2) is 8.42 Å². The molecule has 0 aliphatic carbocycles. The average molecular weight is 308 g/mol. The Morgan fingerprint density at radius 3 is 2.29 bits per heavy atom. The minimum absolute atomic E-state index is 0.0219. The first-order valence-electron chi connectivity index (χ1n) is 6.15. The van der Waals surface area contributed by atoms with Crippen molar-refractivity contribution in [2.24, 2.45) is 0 Å². The number of hydrogen-bond acceptors (Lipinski definition) is 6. The van der Waals surface area contributed by atoms with Gasteiger partial charge in [0.25, 0.3) is 0 Å². The fraction of sp³-hybridized carbons (Fsp3) is 0.385. The van der Waals surface area contributed by atoms with E-state index in [4.69, 9.17) is 21.0 Å². The van der Waals surface area contributed by atoms with Crippen LogP contribution < -0.4 is 10.5 Å². The lowest BCUT2D eigenvalue weighted by Crippen LogP contribution is -2.33. The molecular formula is C13H16N4O3S. The van der Waals surface area contributed by atoms with Crippen molar-refractivity contribution < 1.29 is 13.2 Å². The quantitative estimate of drug-likeness (QED) is 0.753. The SMILES string of the molecule is COc1cc(N)ccc1S(=O)(=O)N(CCC#N)CCC#N. The lowest BCUT2D eigenvalue weighted by atomic mass is 10.3. The third kappa shape index (κ3) is 4.09. The van der Waals surface area contributed by atoms with E-state index < -0.39 is 10.0 Å². The molecule has 0 spiro atoms. The second kappa shape index (κ2) is 7.48. The normalized spacial score (nSPS) is 10.9. The van der Waals surface area contributed by atoms with E-state index in [1.165, 1.54) is 25.3 Å². The maximum Gasteiger partial charge on any atom is 0.246 e. The van der Waals surface area contributed by atoms with Crippen LogP contribution in [-0.4, -0.2) is 32.9 Å². The molecule has 0 heterocycles. The lowest BCUT2D eigenvalue weighted by molar-refractivity contribution is 0.392. The third-order valence-corrected chi connectivity index (χ3v) is 4.69. The molecule has 1 rings (SSSR count). The van der Waals surface area contributed by atoms with Crippen LogP contribution in [0.25, 0.3) is 0 Å². The third-order valence-electron chi connectivity index (χ3n) is 2.75. The van der Waals surface area contributed by atoms with E-state index in [0.717, 1.165) is 4.31 Å². The lowest BCUT2D eigenvalue weighted by Gasteiger charge is -2.21. The molecule has 0 radical (unpaired) electrons. The van der Waals surface area contributed by atoms with Crippen LogP contribution in [0, 0.1) is 22.7 Å². The molecule has 0 aromatic heterocycles. The highest BCUT2D eigenvalue weighted by molar-refractivity contribution is 7.89. The maximum atomic E-state index is 12.6. The molecule has 0 saturated heterocycles. The van der Waals surface area contributed by atoms with Crippen molar-refractivity contribution in [3.63, 3.8) is 0 Å². The number of hydrogen-bond donors (Lipinski definition) is 1. The Hall–Kier alpha value is -2.29. The molecule has 0 unspecified atom stereocenters. The van der Waals surface area contributed by atoms with Crippen LogP contribution in [0.2, 0.25) is 0 Å². The van der Waals surface area contributed by atoms with Crippen molar-refractivity contribution in [3.05, 3.63) is 18.2 Å². The average Bonchev–Trinajstić information content (AvgIpc) is 2.46. The number of nitrogen functional groups attached to an aromatic ring is 1. The Bertz CT molecular complexity index is 656.